The Hall–Kier alpha value is -2.36. The number of rotatable bonds is 12. The van der Waals surface area contributed by atoms with Gasteiger partial charge < -0.3 is 31.5 Å². The van der Waals surface area contributed by atoms with Crippen molar-refractivity contribution in [3.8, 4) is 0 Å². The van der Waals surface area contributed by atoms with Gasteiger partial charge >= 0.3 is 0 Å². The average molecular weight is 451 g/mol. The van der Waals surface area contributed by atoms with Crippen LogP contribution < -0.4 is 26.6 Å². The topological polar surface area (TPSA) is 89.2 Å². The minimum atomic E-state index is 0.594. The molecule has 10 heteroatoms. The summed E-state index contributed by atoms with van der Waals surface area (Å²) in [5.41, 5.74) is 0.910. The molecule has 30 heavy (non-hydrogen) atoms. The summed E-state index contributed by atoms with van der Waals surface area (Å²) in [4.78, 5) is 11.2. The number of likely N-dealkylation sites (N-methyl/N-ethyl adjacent to an activating group) is 1. The monoisotopic (exact) mass is 450 g/mol. The van der Waals surface area contributed by atoms with Gasteiger partial charge in [-0.3, -0.25) is 0 Å². The zero-order valence-electron chi connectivity index (χ0n) is 17.8. The van der Waals surface area contributed by atoms with Crippen LogP contribution in [-0.4, -0.2) is 66.3 Å². The lowest BCUT2D eigenvalue weighted by molar-refractivity contribution is 0.352. The fraction of sp³-hybridized carbons (Fsp3) is 0.450. The minimum absolute atomic E-state index is 0.594. The molecule has 0 saturated carbocycles. The highest BCUT2D eigenvalue weighted by molar-refractivity contribution is 7.80. The molecule has 0 aliphatic heterocycles. The van der Waals surface area contributed by atoms with Gasteiger partial charge in [0, 0.05) is 56.0 Å². The molecule has 0 aliphatic rings. The standard InChI is InChI=1S/C20H31ClN8S/c1-4-22-17-14-18(28-19(27-17)23-5-2)24-10-12-29(3)13-11-25-20(30)26-16-8-6-15(21)7-9-16/h6-9,14H,4-5,10-13H2,1-3H3,(H2,25,26,30)(H3,22,23,24,27,28). The second-order valence-electron chi connectivity index (χ2n) is 6.64. The van der Waals surface area contributed by atoms with E-state index in [4.69, 9.17) is 23.8 Å². The van der Waals surface area contributed by atoms with Gasteiger partial charge in [-0.2, -0.15) is 9.97 Å². The molecule has 2 aromatic rings. The van der Waals surface area contributed by atoms with Gasteiger partial charge in [0.2, 0.25) is 5.95 Å². The van der Waals surface area contributed by atoms with E-state index in [1.54, 1.807) is 0 Å². The van der Waals surface area contributed by atoms with Crippen molar-refractivity contribution in [1.82, 2.24) is 20.2 Å². The number of nitrogens with zero attached hydrogens (tertiary/aromatic N) is 3. The molecule has 1 aromatic carbocycles. The molecule has 0 spiro atoms. The molecule has 0 amide bonds. The summed E-state index contributed by atoms with van der Waals surface area (Å²) in [6.07, 6.45) is 0. The van der Waals surface area contributed by atoms with Crippen LogP contribution in [0.3, 0.4) is 0 Å². The van der Waals surface area contributed by atoms with Gasteiger partial charge in [0.1, 0.15) is 11.6 Å². The van der Waals surface area contributed by atoms with E-state index in [0.29, 0.717) is 16.1 Å². The van der Waals surface area contributed by atoms with E-state index < -0.39 is 0 Å². The number of aromatic nitrogens is 2. The Balaban J connectivity index is 1.68. The van der Waals surface area contributed by atoms with Crippen molar-refractivity contribution in [3.63, 3.8) is 0 Å². The first-order valence-corrected chi connectivity index (χ1v) is 10.9. The smallest absolute Gasteiger partial charge is 0.226 e. The van der Waals surface area contributed by atoms with Gasteiger partial charge in [-0.25, -0.2) is 0 Å². The van der Waals surface area contributed by atoms with Crippen LogP contribution in [0.25, 0.3) is 0 Å². The Morgan fingerprint density at radius 2 is 1.60 bits per heavy atom. The lowest BCUT2D eigenvalue weighted by atomic mass is 10.3. The summed E-state index contributed by atoms with van der Waals surface area (Å²) in [6, 6.07) is 9.36. The molecule has 2 rings (SSSR count). The van der Waals surface area contributed by atoms with E-state index in [-0.39, 0.29) is 0 Å². The maximum absolute atomic E-state index is 5.89. The van der Waals surface area contributed by atoms with Crippen molar-refractivity contribution in [2.24, 2.45) is 0 Å². The quantitative estimate of drug-likeness (QED) is 0.312. The predicted molar refractivity (Wildman–Crippen MR) is 132 cm³/mol. The molecule has 0 fully saturated rings. The van der Waals surface area contributed by atoms with Crippen LogP contribution in [-0.2, 0) is 0 Å². The molecule has 5 N–H and O–H groups in total. The molecule has 0 unspecified atom stereocenters. The van der Waals surface area contributed by atoms with Crippen LogP contribution in [0.1, 0.15) is 13.8 Å². The normalized spacial score (nSPS) is 10.6. The largest absolute Gasteiger partial charge is 0.370 e. The highest BCUT2D eigenvalue weighted by Gasteiger charge is 2.05. The first kappa shape index (κ1) is 23.9. The molecule has 0 atom stereocenters. The molecular formula is C20H31ClN8S. The van der Waals surface area contributed by atoms with Crippen molar-refractivity contribution in [2.75, 3.05) is 67.6 Å². The summed E-state index contributed by atoms with van der Waals surface area (Å²) in [7, 11) is 2.08. The van der Waals surface area contributed by atoms with E-state index in [0.717, 1.165) is 56.6 Å². The van der Waals surface area contributed by atoms with Gasteiger partial charge in [0.05, 0.1) is 0 Å². The first-order valence-electron chi connectivity index (χ1n) is 10.1. The van der Waals surface area contributed by atoms with Crippen molar-refractivity contribution in [1.29, 1.82) is 0 Å². The van der Waals surface area contributed by atoms with Gasteiger partial charge in [-0.1, -0.05) is 11.6 Å². The maximum atomic E-state index is 5.89. The van der Waals surface area contributed by atoms with E-state index in [1.807, 2.05) is 44.2 Å². The molecule has 8 nitrogen and oxygen atoms in total. The third-order valence-electron chi connectivity index (χ3n) is 4.10. The molecule has 1 aromatic heterocycles. The second kappa shape index (κ2) is 13.0. The summed E-state index contributed by atoms with van der Waals surface area (Å²) >= 11 is 11.2. The van der Waals surface area contributed by atoms with Gasteiger partial charge in [0.15, 0.2) is 5.11 Å². The maximum Gasteiger partial charge on any atom is 0.226 e. The highest BCUT2D eigenvalue weighted by atomic mass is 35.5. The molecule has 1 heterocycles. The molecule has 0 bridgehead atoms. The van der Waals surface area contributed by atoms with Crippen LogP contribution in [0.4, 0.5) is 23.3 Å². The number of thiocarbonyl (C=S) groups is 1. The van der Waals surface area contributed by atoms with Gasteiger partial charge in [0.25, 0.3) is 0 Å². The molecular weight excluding hydrogens is 420 g/mol. The van der Waals surface area contributed by atoms with E-state index in [9.17, 15) is 0 Å². The van der Waals surface area contributed by atoms with E-state index in [2.05, 4.69) is 48.5 Å². The summed E-state index contributed by atoms with van der Waals surface area (Å²) in [6.45, 7) is 8.91. The number of anilines is 4. The molecule has 164 valence electrons. The number of hydrogen-bond donors (Lipinski definition) is 5. The minimum Gasteiger partial charge on any atom is -0.370 e. The summed E-state index contributed by atoms with van der Waals surface area (Å²) in [5.74, 6) is 2.24. The van der Waals surface area contributed by atoms with Crippen LogP contribution >= 0.6 is 23.8 Å². The van der Waals surface area contributed by atoms with E-state index in [1.165, 1.54) is 0 Å². The zero-order valence-corrected chi connectivity index (χ0v) is 19.3. The van der Waals surface area contributed by atoms with Gasteiger partial charge in [-0.05, 0) is 57.4 Å². The molecule has 0 aliphatic carbocycles. The number of benzene rings is 1. The van der Waals surface area contributed by atoms with Crippen molar-refractivity contribution in [3.05, 3.63) is 35.4 Å². The van der Waals surface area contributed by atoms with Crippen molar-refractivity contribution < 1.29 is 0 Å². The number of halogens is 1. The molecule has 0 saturated heterocycles. The SMILES string of the molecule is CCNc1cc(NCCN(C)CCNC(=S)Nc2ccc(Cl)cc2)nc(NCC)n1. The lowest BCUT2D eigenvalue weighted by Crippen LogP contribution is -2.36. The van der Waals surface area contributed by atoms with Crippen LogP contribution in [0.15, 0.2) is 30.3 Å². The van der Waals surface area contributed by atoms with Crippen molar-refractivity contribution in [2.45, 2.75) is 13.8 Å². The van der Waals surface area contributed by atoms with Crippen LogP contribution in [0.5, 0.6) is 0 Å². The first-order chi connectivity index (χ1) is 14.5. The lowest BCUT2D eigenvalue weighted by Gasteiger charge is -2.18. The Morgan fingerprint density at radius 3 is 2.27 bits per heavy atom. The number of nitrogens with one attached hydrogen (secondary N) is 5. The highest BCUT2D eigenvalue weighted by Crippen LogP contribution is 2.14. The summed E-state index contributed by atoms with van der Waals surface area (Å²) in [5, 5.41) is 17.4. The Bertz CT molecular complexity index is 763. The predicted octanol–water partition coefficient (Wildman–Crippen LogP) is 3.32. The van der Waals surface area contributed by atoms with Crippen molar-refractivity contribution >= 4 is 52.2 Å². The van der Waals surface area contributed by atoms with E-state index >= 15 is 0 Å². The fourth-order valence-electron chi connectivity index (χ4n) is 2.60. The number of hydrogen-bond acceptors (Lipinski definition) is 7. The zero-order chi connectivity index (χ0) is 21.8. The fourth-order valence-corrected chi connectivity index (χ4v) is 2.95. The Kier molecular flexibility index (Phi) is 10.4. The van der Waals surface area contributed by atoms with Crippen LogP contribution in [0, 0.1) is 0 Å². The third kappa shape index (κ3) is 8.98. The third-order valence-corrected chi connectivity index (χ3v) is 4.60. The van der Waals surface area contributed by atoms with Gasteiger partial charge in [-0.15, -0.1) is 0 Å². The molecule has 0 radical (unpaired) electrons. The average Bonchev–Trinajstić information content (AvgIpc) is 2.70. The Labute approximate surface area is 189 Å². The Morgan fingerprint density at radius 1 is 0.967 bits per heavy atom. The summed E-state index contributed by atoms with van der Waals surface area (Å²) < 4.78 is 0. The second-order valence-corrected chi connectivity index (χ2v) is 7.49. The van der Waals surface area contributed by atoms with Crippen LogP contribution in [0.2, 0.25) is 5.02 Å².